The number of hydrogen-bond acceptors (Lipinski definition) is 8. The maximum Gasteiger partial charge on any atom is 0.255 e. The molecule has 1 saturated heterocycles. The van der Waals surface area contributed by atoms with Crippen LogP contribution in [0.15, 0.2) is 18.2 Å². The Bertz CT molecular complexity index is 876. The number of anilines is 1. The third-order valence-electron chi connectivity index (χ3n) is 5.29. The molecule has 0 spiro atoms. The minimum Gasteiger partial charge on any atom is -0.379 e. The van der Waals surface area contributed by atoms with Crippen LogP contribution in [-0.4, -0.2) is 80.8 Å². The Kier molecular flexibility index (Phi) is 9.31. The first-order valence-electron chi connectivity index (χ1n) is 11.0. The highest BCUT2D eigenvalue weighted by molar-refractivity contribution is 6.05. The van der Waals surface area contributed by atoms with E-state index in [2.05, 4.69) is 10.6 Å². The maximum absolute atomic E-state index is 12.7. The molecule has 0 radical (unpaired) electrons. The molecular weight excluding hydrogens is 432 g/mol. The van der Waals surface area contributed by atoms with Crippen molar-refractivity contribution in [2.24, 2.45) is 5.73 Å². The lowest BCUT2D eigenvalue weighted by Gasteiger charge is -2.29. The molecule has 1 aromatic rings. The van der Waals surface area contributed by atoms with Crippen LogP contribution in [0.3, 0.4) is 0 Å². The van der Waals surface area contributed by atoms with Crippen molar-refractivity contribution in [3.05, 3.63) is 29.3 Å². The maximum atomic E-state index is 12.7. The number of carbonyl (C=O) groups is 4. The van der Waals surface area contributed by atoms with Gasteiger partial charge in [0.15, 0.2) is 0 Å². The van der Waals surface area contributed by atoms with E-state index in [0.29, 0.717) is 57.3 Å². The van der Waals surface area contributed by atoms with Gasteiger partial charge in [0.05, 0.1) is 46.1 Å². The first kappa shape index (κ1) is 24.8. The van der Waals surface area contributed by atoms with Crippen LogP contribution < -0.4 is 16.4 Å². The van der Waals surface area contributed by atoms with Gasteiger partial charge in [-0.15, -0.1) is 0 Å². The number of imide groups is 1. The highest BCUT2D eigenvalue weighted by atomic mass is 16.5. The second-order valence-corrected chi connectivity index (χ2v) is 7.70. The molecule has 1 fully saturated rings. The highest BCUT2D eigenvalue weighted by Crippen LogP contribution is 2.29. The van der Waals surface area contributed by atoms with Crippen molar-refractivity contribution in [3.63, 3.8) is 0 Å². The Morgan fingerprint density at radius 2 is 1.76 bits per heavy atom. The summed E-state index contributed by atoms with van der Waals surface area (Å²) in [6.45, 7) is 3.24. The molecule has 33 heavy (non-hydrogen) atoms. The van der Waals surface area contributed by atoms with Gasteiger partial charge in [-0.3, -0.25) is 24.5 Å². The number of nitrogens with one attached hydrogen (secondary N) is 2. The van der Waals surface area contributed by atoms with E-state index in [1.165, 1.54) is 4.90 Å². The Hall–Kier alpha value is -2.86. The first-order valence-corrected chi connectivity index (χ1v) is 11.0. The van der Waals surface area contributed by atoms with Crippen molar-refractivity contribution in [2.45, 2.75) is 31.8 Å². The summed E-state index contributed by atoms with van der Waals surface area (Å²) in [5.74, 6) is -1.24. The van der Waals surface area contributed by atoms with E-state index in [0.717, 1.165) is 5.56 Å². The molecule has 4 N–H and O–H groups in total. The third-order valence-corrected chi connectivity index (χ3v) is 5.29. The number of nitrogens with zero attached hydrogens (tertiary/aromatic N) is 1. The predicted molar refractivity (Wildman–Crippen MR) is 117 cm³/mol. The Morgan fingerprint density at radius 3 is 2.45 bits per heavy atom. The number of piperidine rings is 1. The van der Waals surface area contributed by atoms with Gasteiger partial charge >= 0.3 is 0 Å². The van der Waals surface area contributed by atoms with Crippen LogP contribution in [0.4, 0.5) is 5.69 Å². The minimum atomic E-state index is -0.666. The van der Waals surface area contributed by atoms with E-state index in [1.807, 2.05) is 0 Å². The summed E-state index contributed by atoms with van der Waals surface area (Å²) in [6, 6.07) is 4.37. The molecule has 2 aliphatic rings. The van der Waals surface area contributed by atoms with Gasteiger partial charge in [-0.1, -0.05) is 0 Å². The standard InChI is InChI=1S/C22H30N4O7/c23-6-8-32-10-12-33-11-9-31-7-5-20(28)24-16-1-2-17-15(13-16)14-26(22(17)30)18-3-4-19(27)25-21(18)29/h1-2,13,18H,3-12,14,23H2,(H,24,28)(H,25,27,29). The topological polar surface area (TPSA) is 149 Å². The molecule has 11 heteroatoms. The summed E-state index contributed by atoms with van der Waals surface area (Å²) in [5.41, 5.74) is 7.10. The summed E-state index contributed by atoms with van der Waals surface area (Å²) in [4.78, 5) is 49.9. The highest BCUT2D eigenvalue weighted by Gasteiger charge is 2.39. The lowest BCUT2D eigenvalue weighted by molar-refractivity contribution is -0.137. The molecule has 1 atom stereocenters. The number of fused-ring (bicyclic) bond motifs is 1. The summed E-state index contributed by atoms with van der Waals surface area (Å²) < 4.78 is 15.9. The average molecular weight is 463 g/mol. The summed E-state index contributed by atoms with van der Waals surface area (Å²) in [7, 11) is 0. The van der Waals surface area contributed by atoms with Gasteiger partial charge in [0.1, 0.15) is 6.04 Å². The van der Waals surface area contributed by atoms with Crippen molar-refractivity contribution >= 4 is 29.3 Å². The molecule has 180 valence electrons. The first-order chi connectivity index (χ1) is 16.0. The third kappa shape index (κ3) is 7.06. The van der Waals surface area contributed by atoms with Gasteiger partial charge in [0.2, 0.25) is 17.7 Å². The summed E-state index contributed by atoms with van der Waals surface area (Å²) >= 11 is 0. The molecular formula is C22H30N4O7. The number of hydrogen-bond donors (Lipinski definition) is 3. The summed E-state index contributed by atoms with van der Waals surface area (Å²) in [5, 5.41) is 5.07. The quantitative estimate of drug-likeness (QED) is 0.269. The summed E-state index contributed by atoms with van der Waals surface area (Å²) in [6.07, 6.45) is 0.689. The van der Waals surface area contributed by atoms with Gasteiger partial charge in [-0.05, 0) is 30.2 Å². The molecule has 1 unspecified atom stereocenters. The van der Waals surface area contributed by atoms with E-state index >= 15 is 0 Å². The number of rotatable bonds is 13. The SMILES string of the molecule is NCCOCCOCCOCCC(=O)Nc1ccc2c(c1)CN(C1CCC(=O)NC1=O)C2=O. The normalized spacial score (nSPS) is 17.8. The van der Waals surface area contributed by atoms with Crippen molar-refractivity contribution in [1.82, 2.24) is 10.2 Å². The van der Waals surface area contributed by atoms with Gasteiger partial charge in [-0.25, -0.2) is 0 Å². The van der Waals surface area contributed by atoms with E-state index in [9.17, 15) is 19.2 Å². The molecule has 2 aliphatic heterocycles. The molecule has 3 rings (SSSR count). The van der Waals surface area contributed by atoms with Crippen LogP contribution in [-0.2, 0) is 35.1 Å². The molecule has 1 aromatic carbocycles. The molecule has 0 aliphatic carbocycles. The van der Waals surface area contributed by atoms with E-state index in [-0.39, 0.29) is 43.7 Å². The Labute approximate surface area is 191 Å². The molecule has 11 nitrogen and oxygen atoms in total. The number of carbonyl (C=O) groups excluding carboxylic acids is 4. The average Bonchev–Trinajstić information content (AvgIpc) is 3.10. The minimum absolute atomic E-state index is 0.179. The lowest BCUT2D eigenvalue weighted by atomic mass is 10.0. The van der Waals surface area contributed by atoms with Gasteiger partial charge in [0, 0.05) is 30.8 Å². The van der Waals surface area contributed by atoms with Gasteiger partial charge < -0.3 is 30.2 Å². The van der Waals surface area contributed by atoms with Crippen molar-refractivity contribution in [1.29, 1.82) is 0 Å². The fourth-order valence-electron chi connectivity index (χ4n) is 3.67. The van der Waals surface area contributed by atoms with Crippen LogP contribution in [0, 0.1) is 0 Å². The van der Waals surface area contributed by atoms with Crippen LogP contribution >= 0.6 is 0 Å². The smallest absolute Gasteiger partial charge is 0.255 e. The molecule has 4 amide bonds. The number of benzene rings is 1. The van der Waals surface area contributed by atoms with Crippen LogP contribution in [0.2, 0.25) is 0 Å². The zero-order chi connectivity index (χ0) is 23.6. The number of nitrogens with two attached hydrogens (primary N) is 1. The second kappa shape index (κ2) is 12.4. The number of amides is 4. The van der Waals surface area contributed by atoms with E-state index in [1.54, 1.807) is 18.2 Å². The zero-order valence-electron chi connectivity index (χ0n) is 18.5. The molecule has 2 heterocycles. The van der Waals surface area contributed by atoms with Crippen molar-refractivity contribution < 1.29 is 33.4 Å². The van der Waals surface area contributed by atoms with E-state index in [4.69, 9.17) is 19.9 Å². The van der Waals surface area contributed by atoms with Crippen molar-refractivity contribution in [2.75, 3.05) is 51.5 Å². The van der Waals surface area contributed by atoms with Gasteiger partial charge in [-0.2, -0.15) is 0 Å². The van der Waals surface area contributed by atoms with Crippen LogP contribution in [0.5, 0.6) is 0 Å². The molecule has 0 bridgehead atoms. The fourth-order valence-corrected chi connectivity index (χ4v) is 3.67. The number of ether oxygens (including phenoxy) is 3. The van der Waals surface area contributed by atoms with E-state index < -0.39 is 11.9 Å². The van der Waals surface area contributed by atoms with Crippen molar-refractivity contribution in [3.8, 4) is 0 Å². The Balaban J connectivity index is 1.38. The van der Waals surface area contributed by atoms with Crippen LogP contribution in [0.1, 0.15) is 35.2 Å². The van der Waals surface area contributed by atoms with Gasteiger partial charge in [0.25, 0.3) is 5.91 Å². The molecule has 0 aromatic heterocycles. The monoisotopic (exact) mass is 462 g/mol. The Morgan fingerprint density at radius 1 is 1.06 bits per heavy atom. The van der Waals surface area contributed by atoms with Crippen LogP contribution in [0.25, 0.3) is 0 Å². The second-order valence-electron chi connectivity index (χ2n) is 7.70. The zero-order valence-corrected chi connectivity index (χ0v) is 18.5. The molecule has 0 saturated carbocycles. The fraction of sp³-hybridized carbons (Fsp3) is 0.545. The lowest BCUT2D eigenvalue weighted by Crippen LogP contribution is -2.52. The predicted octanol–water partition coefficient (Wildman–Crippen LogP) is -0.215. The largest absolute Gasteiger partial charge is 0.379 e.